The zero-order chi connectivity index (χ0) is 13.2. The third-order valence-electron chi connectivity index (χ3n) is 3.88. The van der Waals surface area contributed by atoms with Crippen LogP contribution in [0.25, 0.3) is 0 Å². The van der Waals surface area contributed by atoms with Crippen LogP contribution in [0.2, 0.25) is 0 Å². The highest BCUT2D eigenvalue weighted by atomic mass is 19.1. The van der Waals surface area contributed by atoms with Crippen LogP contribution in [0.3, 0.4) is 0 Å². The van der Waals surface area contributed by atoms with Crippen LogP contribution < -0.4 is 5.32 Å². The van der Waals surface area contributed by atoms with Crippen molar-refractivity contribution in [1.82, 2.24) is 15.2 Å². The standard InChI is InChI=1S/C14H18FN3O/c15-13-3-1-2-12(17-13)14(19)16-10-6-8-18(9-7-10)11-4-5-11/h1-3,10-11H,4-9H2,(H,16,19). The van der Waals surface area contributed by atoms with E-state index in [-0.39, 0.29) is 17.6 Å². The molecule has 2 aliphatic rings. The van der Waals surface area contributed by atoms with Gasteiger partial charge in [0.2, 0.25) is 5.95 Å². The van der Waals surface area contributed by atoms with Crippen molar-refractivity contribution < 1.29 is 9.18 Å². The van der Waals surface area contributed by atoms with E-state index >= 15 is 0 Å². The molecule has 19 heavy (non-hydrogen) atoms. The van der Waals surface area contributed by atoms with E-state index in [2.05, 4.69) is 15.2 Å². The maximum absolute atomic E-state index is 13.0. The first-order chi connectivity index (χ1) is 9.22. The second-order valence-electron chi connectivity index (χ2n) is 5.36. The zero-order valence-corrected chi connectivity index (χ0v) is 10.8. The molecule has 0 spiro atoms. The number of piperidine rings is 1. The molecule has 3 rings (SSSR count). The number of carbonyl (C=O) groups is 1. The highest BCUT2D eigenvalue weighted by Crippen LogP contribution is 2.29. The summed E-state index contributed by atoms with van der Waals surface area (Å²) >= 11 is 0. The number of amides is 1. The Kier molecular flexibility index (Phi) is 3.46. The summed E-state index contributed by atoms with van der Waals surface area (Å²) in [6.45, 7) is 2.10. The lowest BCUT2D eigenvalue weighted by Crippen LogP contribution is -2.45. The van der Waals surface area contributed by atoms with Gasteiger partial charge in [0, 0.05) is 25.2 Å². The van der Waals surface area contributed by atoms with E-state index in [0.717, 1.165) is 32.0 Å². The van der Waals surface area contributed by atoms with E-state index in [1.807, 2.05) is 0 Å². The monoisotopic (exact) mass is 263 g/mol. The fraction of sp³-hybridized carbons (Fsp3) is 0.571. The predicted molar refractivity (Wildman–Crippen MR) is 69.3 cm³/mol. The molecule has 0 aromatic carbocycles. The first-order valence-electron chi connectivity index (χ1n) is 6.90. The minimum Gasteiger partial charge on any atom is -0.348 e. The normalized spacial score (nSPS) is 21.3. The third kappa shape index (κ3) is 3.10. The SMILES string of the molecule is O=C(NC1CCN(C2CC2)CC1)c1cccc(F)n1. The highest BCUT2D eigenvalue weighted by Gasteiger charge is 2.32. The molecular formula is C14H18FN3O. The summed E-state index contributed by atoms with van der Waals surface area (Å²) < 4.78 is 13.0. The molecule has 1 N–H and O–H groups in total. The second-order valence-corrected chi connectivity index (χ2v) is 5.36. The second kappa shape index (κ2) is 5.25. The first kappa shape index (κ1) is 12.5. The van der Waals surface area contributed by atoms with Gasteiger partial charge in [-0.05, 0) is 37.8 Å². The summed E-state index contributed by atoms with van der Waals surface area (Å²) in [5.74, 6) is -0.888. The topological polar surface area (TPSA) is 45.2 Å². The Morgan fingerprint density at radius 2 is 2.00 bits per heavy atom. The molecule has 0 bridgehead atoms. The summed E-state index contributed by atoms with van der Waals surface area (Å²) in [4.78, 5) is 18.0. The summed E-state index contributed by atoms with van der Waals surface area (Å²) in [7, 11) is 0. The number of halogens is 1. The highest BCUT2D eigenvalue weighted by molar-refractivity contribution is 5.92. The molecule has 1 aromatic rings. The van der Waals surface area contributed by atoms with Gasteiger partial charge in [-0.2, -0.15) is 4.39 Å². The molecule has 0 radical (unpaired) electrons. The van der Waals surface area contributed by atoms with Crippen molar-refractivity contribution in [2.24, 2.45) is 0 Å². The van der Waals surface area contributed by atoms with E-state index < -0.39 is 5.95 Å². The molecule has 1 aliphatic heterocycles. The van der Waals surface area contributed by atoms with Gasteiger partial charge in [0.05, 0.1) is 0 Å². The van der Waals surface area contributed by atoms with Gasteiger partial charge >= 0.3 is 0 Å². The van der Waals surface area contributed by atoms with Crippen LogP contribution in [-0.2, 0) is 0 Å². The number of likely N-dealkylation sites (tertiary alicyclic amines) is 1. The fourth-order valence-corrected chi connectivity index (χ4v) is 2.64. The summed E-state index contributed by atoms with van der Waals surface area (Å²) in [5, 5.41) is 2.95. The van der Waals surface area contributed by atoms with Crippen LogP contribution in [-0.4, -0.2) is 41.0 Å². The van der Waals surface area contributed by atoms with E-state index in [1.165, 1.54) is 31.0 Å². The molecule has 0 unspecified atom stereocenters. The van der Waals surface area contributed by atoms with Crippen molar-refractivity contribution in [2.75, 3.05) is 13.1 Å². The number of nitrogens with zero attached hydrogens (tertiary/aromatic N) is 2. The van der Waals surface area contributed by atoms with Crippen molar-refractivity contribution in [1.29, 1.82) is 0 Å². The molecule has 1 amide bonds. The van der Waals surface area contributed by atoms with Crippen LogP contribution in [0, 0.1) is 5.95 Å². The third-order valence-corrected chi connectivity index (χ3v) is 3.88. The molecule has 1 aromatic heterocycles. The molecule has 0 atom stereocenters. The minimum atomic E-state index is -0.615. The number of pyridine rings is 1. The average molecular weight is 263 g/mol. The largest absolute Gasteiger partial charge is 0.348 e. The van der Waals surface area contributed by atoms with Gasteiger partial charge in [-0.15, -0.1) is 0 Å². The predicted octanol–water partition coefficient (Wildman–Crippen LogP) is 1.58. The first-order valence-corrected chi connectivity index (χ1v) is 6.90. The van der Waals surface area contributed by atoms with E-state index in [0.29, 0.717) is 0 Å². The Morgan fingerprint density at radius 1 is 1.26 bits per heavy atom. The van der Waals surface area contributed by atoms with Crippen molar-refractivity contribution in [3.63, 3.8) is 0 Å². The number of aromatic nitrogens is 1. The van der Waals surface area contributed by atoms with Crippen molar-refractivity contribution >= 4 is 5.91 Å². The number of carbonyl (C=O) groups excluding carboxylic acids is 1. The smallest absolute Gasteiger partial charge is 0.270 e. The van der Waals surface area contributed by atoms with Crippen LogP contribution in [0.1, 0.15) is 36.2 Å². The summed E-state index contributed by atoms with van der Waals surface area (Å²) in [6, 6.07) is 5.27. The van der Waals surface area contributed by atoms with E-state index in [4.69, 9.17) is 0 Å². The Labute approximate surface area is 112 Å². The summed E-state index contributed by atoms with van der Waals surface area (Å²) in [6.07, 6.45) is 4.59. The van der Waals surface area contributed by atoms with Gasteiger partial charge in [0.25, 0.3) is 5.91 Å². The van der Waals surface area contributed by atoms with Gasteiger partial charge in [-0.25, -0.2) is 4.98 Å². The molecule has 4 nitrogen and oxygen atoms in total. The van der Waals surface area contributed by atoms with Gasteiger partial charge in [-0.3, -0.25) is 4.79 Å². The lowest BCUT2D eigenvalue weighted by Gasteiger charge is -2.32. The number of hydrogen-bond donors (Lipinski definition) is 1. The van der Waals surface area contributed by atoms with Gasteiger partial charge < -0.3 is 10.2 Å². The zero-order valence-electron chi connectivity index (χ0n) is 10.8. The Bertz CT molecular complexity index is 468. The number of nitrogens with one attached hydrogen (secondary N) is 1. The quantitative estimate of drug-likeness (QED) is 0.842. The van der Waals surface area contributed by atoms with Crippen LogP contribution in [0.15, 0.2) is 18.2 Å². The lowest BCUT2D eigenvalue weighted by molar-refractivity contribution is 0.0903. The summed E-state index contributed by atoms with van der Waals surface area (Å²) in [5.41, 5.74) is 0.157. The maximum Gasteiger partial charge on any atom is 0.270 e. The van der Waals surface area contributed by atoms with Crippen LogP contribution in [0.5, 0.6) is 0 Å². The van der Waals surface area contributed by atoms with E-state index in [9.17, 15) is 9.18 Å². The van der Waals surface area contributed by atoms with E-state index in [1.54, 1.807) is 0 Å². The Hall–Kier alpha value is -1.49. The Balaban J connectivity index is 1.52. The number of rotatable bonds is 3. The van der Waals surface area contributed by atoms with Gasteiger partial charge in [0.15, 0.2) is 0 Å². The lowest BCUT2D eigenvalue weighted by atomic mass is 10.0. The van der Waals surface area contributed by atoms with Crippen LogP contribution in [0.4, 0.5) is 4.39 Å². The molecule has 2 heterocycles. The number of hydrogen-bond acceptors (Lipinski definition) is 3. The van der Waals surface area contributed by atoms with Crippen molar-refractivity contribution in [2.45, 2.75) is 37.8 Å². The van der Waals surface area contributed by atoms with Crippen LogP contribution >= 0.6 is 0 Å². The molecule has 1 saturated heterocycles. The maximum atomic E-state index is 13.0. The minimum absolute atomic E-state index is 0.157. The molecule has 1 aliphatic carbocycles. The molecule has 1 saturated carbocycles. The van der Waals surface area contributed by atoms with Crippen molar-refractivity contribution in [3.8, 4) is 0 Å². The molecule has 5 heteroatoms. The van der Waals surface area contributed by atoms with Gasteiger partial charge in [0.1, 0.15) is 5.69 Å². The van der Waals surface area contributed by atoms with Gasteiger partial charge in [-0.1, -0.05) is 6.07 Å². The Morgan fingerprint density at radius 3 is 2.63 bits per heavy atom. The van der Waals surface area contributed by atoms with Crippen molar-refractivity contribution in [3.05, 3.63) is 29.8 Å². The fourth-order valence-electron chi connectivity index (χ4n) is 2.64. The average Bonchev–Trinajstić information content (AvgIpc) is 3.24. The molecule has 102 valence electrons. The molecule has 2 fully saturated rings. The molecular weight excluding hydrogens is 245 g/mol.